The van der Waals surface area contributed by atoms with Crippen LogP contribution in [0.3, 0.4) is 0 Å². The summed E-state index contributed by atoms with van der Waals surface area (Å²) in [6.45, 7) is 13.6. The Morgan fingerprint density at radius 3 is 2.52 bits per heavy atom. The number of aliphatic hydroxyl groups is 1. The van der Waals surface area contributed by atoms with E-state index in [1.165, 1.54) is 19.8 Å². The van der Waals surface area contributed by atoms with E-state index >= 15 is 0 Å². The van der Waals surface area contributed by atoms with Crippen LogP contribution in [0.15, 0.2) is 24.5 Å². The minimum Gasteiger partial charge on any atom is -0.463 e. The zero-order valence-electron chi connectivity index (χ0n) is 26.2. The molecule has 42 heavy (non-hydrogen) atoms. The lowest BCUT2D eigenvalue weighted by Crippen LogP contribution is -2.60. The Hall–Kier alpha value is -1.99. The van der Waals surface area contributed by atoms with Crippen LogP contribution in [0.2, 0.25) is 0 Å². The van der Waals surface area contributed by atoms with Gasteiger partial charge in [0.2, 0.25) is 0 Å². The van der Waals surface area contributed by atoms with Gasteiger partial charge in [-0.15, -0.1) is 0 Å². The SMILES string of the molecule is CC(=O)OCC1C[C@@H](C)[C@H]2C(O1)[C@H](O)[C@@]1(C)C3CC[C@H]4C(C)(C)C(OC(=O)c5cccnc5)CC[C@@]45C[C@@]35CC[C@]21C. The van der Waals surface area contributed by atoms with Crippen LogP contribution >= 0.6 is 0 Å². The minimum absolute atomic E-state index is 0.00139. The third kappa shape index (κ3) is 3.56. The lowest BCUT2D eigenvalue weighted by molar-refractivity contribution is -0.183. The van der Waals surface area contributed by atoms with E-state index in [1.807, 2.05) is 0 Å². The van der Waals surface area contributed by atoms with Crippen LogP contribution in [0.25, 0.3) is 0 Å². The van der Waals surface area contributed by atoms with Crippen LogP contribution in [0.5, 0.6) is 0 Å². The van der Waals surface area contributed by atoms with Gasteiger partial charge in [-0.2, -0.15) is 0 Å². The van der Waals surface area contributed by atoms with Crippen LogP contribution in [-0.4, -0.2) is 53.1 Å². The molecule has 6 aliphatic rings. The molecule has 0 amide bonds. The van der Waals surface area contributed by atoms with Gasteiger partial charge in [0.1, 0.15) is 12.7 Å². The van der Waals surface area contributed by atoms with Crippen molar-refractivity contribution in [2.75, 3.05) is 6.61 Å². The number of ether oxygens (including phenoxy) is 3. The smallest absolute Gasteiger partial charge is 0.339 e. The summed E-state index contributed by atoms with van der Waals surface area (Å²) in [5.74, 6) is 1.10. The quantitative estimate of drug-likeness (QED) is 0.438. The number of rotatable bonds is 4. The Bertz CT molecular complexity index is 1270. The molecule has 7 rings (SSSR count). The first-order valence-corrected chi connectivity index (χ1v) is 16.4. The predicted molar refractivity (Wildman–Crippen MR) is 156 cm³/mol. The van der Waals surface area contributed by atoms with Gasteiger partial charge in [-0.25, -0.2) is 4.79 Å². The summed E-state index contributed by atoms with van der Waals surface area (Å²) in [7, 11) is 0. The Balaban J connectivity index is 1.15. The maximum absolute atomic E-state index is 13.0. The van der Waals surface area contributed by atoms with Crippen LogP contribution in [0.4, 0.5) is 0 Å². The van der Waals surface area contributed by atoms with Crippen LogP contribution in [0, 0.1) is 50.7 Å². The second kappa shape index (κ2) is 9.26. The average molecular weight is 580 g/mol. The Morgan fingerprint density at radius 1 is 1.07 bits per heavy atom. The van der Waals surface area contributed by atoms with Crippen molar-refractivity contribution in [3.05, 3.63) is 30.1 Å². The van der Waals surface area contributed by atoms with E-state index in [4.69, 9.17) is 14.2 Å². The number of hydrogen-bond donors (Lipinski definition) is 1. The van der Waals surface area contributed by atoms with E-state index < -0.39 is 6.10 Å². The fourth-order valence-electron chi connectivity index (χ4n) is 12.6. The summed E-state index contributed by atoms with van der Waals surface area (Å²) in [4.78, 5) is 28.7. The van der Waals surface area contributed by atoms with Crippen molar-refractivity contribution in [3.8, 4) is 0 Å². The third-order valence-electron chi connectivity index (χ3n) is 14.4. The molecule has 4 unspecified atom stereocenters. The van der Waals surface area contributed by atoms with Gasteiger partial charge in [-0.3, -0.25) is 9.78 Å². The molecular formula is C35H49NO6. The summed E-state index contributed by atoms with van der Waals surface area (Å²) in [6.07, 6.45) is 10.9. The molecule has 0 bridgehead atoms. The van der Waals surface area contributed by atoms with Gasteiger partial charge >= 0.3 is 11.9 Å². The van der Waals surface area contributed by atoms with Crippen molar-refractivity contribution in [2.24, 2.45) is 50.7 Å². The molecule has 7 heteroatoms. The Kier molecular flexibility index (Phi) is 6.34. The molecule has 1 aliphatic heterocycles. The molecule has 0 aromatic carbocycles. The number of aliphatic hydroxyl groups excluding tert-OH is 1. The number of nitrogens with zero attached hydrogens (tertiary/aromatic N) is 1. The molecule has 2 heterocycles. The number of carbonyl (C=O) groups excluding carboxylic acids is 2. The summed E-state index contributed by atoms with van der Waals surface area (Å²) in [5, 5.41) is 12.3. The number of fused-ring (bicyclic) bond motifs is 4. The number of pyridine rings is 1. The summed E-state index contributed by atoms with van der Waals surface area (Å²) < 4.78 is 18.2. The van der Waals surface area contributed by atoms with E-state index in [9.17, 15) is 14.7 Å². The van der Waals surface area contributed by atoms with Crippen molar-refractivity contribution < 1.29 is 28.9 Å². The normalized spacial score (nSPS) is 49.8. The van der Waals surface area contributed by atoms with E-state index in [-0.39, 0.29) is 63.9 Å². The van der Waals surface area contributed by atoms with Crippen LogP contribution < -0.4 is 0 Å². The van der Waals surface area contributed by atoms with E-state index in [0.717, 1.165) is 38.5 Å². The predicted octanol–water partition coefficient (Wildman–Crippen LogP) is 5.98. The monoisotopic (exact) mass is 579 g/mol. The summed E-state index contributed by atoms with van der Waals surface area (Å²) in [5.41, 5.74) is 0.682. The second-order valence-corrected chi connectivity index (χ2v) is 16.1. The lowest BCUT2D eigenvalue weighted by Gasteiger charge is -2.63. The van der Waals surface area contributed by atoms with Crippen molar-refractivity contribution in [3.63, 3.8) is 0 Å². The molecule has 2 spiro atoms. The lowest BCUT2D eigenvalue weighted by atomic mass is 9.41. The highest BCUT2D eigenvalue weighted by atomic mass is 16.6. The van der Waals surface area contributed by atoms with Gasteiger partial charge in [0.15, 0.2) is 0 Å². The first-order chi connectivity index (χ1) is 19.8. The zero-order valence-corrected chi connectivity index (χ0v) is 26.2. The topological polar surface area (TPSA) is 95.0 Å². The summed E-state index contributed by atoms with van der Waals surface area (Å²) in [6, 6.07) is 3.56. The molecule has 1 aromatic heterocycles. The maximum Gasteiger partial charge on any atom is 0.339 e. The number of hydrogen-bond acceptors (Lipinski definition) is 7. The van der Waals surface area contributed by atoms with Gasteiger partial charge in [0, 0.05) is 30.1 Å². The van der Waals surface area contributed by atoms with E-state index in [0.29, 0.717) is 29.2 Å². The van der Waals surface area contributed by atoms with E-state index in [1.54, 1.807) is 24.5 Å². The fraction of sp³-hybridized carbons (Fsp3) is 0.800. The van der Waals surface area contributed by atoms with Gasteiger partial charge < -0.3 is 19.3 Å². The first kappa shape index (κ1) is 28.8. The molecule has 1 N–H and O–H groups in total. The van der Waals surface area contributed by atoms with Gasteiger partial charge in [-0.05, 0) is 103 Å². The third-order valence-corrected chi connectivity index (χ3v) is 14.4. The van der Waals surface area contributed by atoms with Crippen molar-refractivity contribution in [1.29, 1.82) is 0 Å². The standard InChI is InChI=1S/C35H49NO6/c1-20-16-23(18-40-21(2)37)41-28-27(20)32(5)13-14-35-19-34(35)12-11-26(42-30(39)22-8-7-15-36-17-22)31(3,4)24(34)9-10-25(35)33(32,6)29(28)38/h7-8,15,17,20,23-29,38H,9-14,16,18-19H2,1-6H3/t20-,23?,24+,25?,26?,27+,28?,29+,32-,33-,34-,35+/m1/s1. The van der Waals surface area contributed by atoms with Gasteiger partial charge in [0.05, 0.1) is 23.9 Å². The fourth-order valence-corrected chi connectivity index (χ4v) is 12.6. The van der Waals surface area contributed by atoms with Gasteiger partial charge in [0.25, 0.3) is 0 Å². The largest absolute Gasteiger partial charge is 0.463 e. The number of esters is 2. The zero-order chi connectivity index (χ0) is 29.9. The van der Waals surface area contributed by atoms with Crippen LogP contribution in [0.1, 0.15) is 103 Å². The second-order valence-electron chi connectivity index (χ2n) is 16.1. The van der Waals surface area contributed by atoms with Gasteiger partial charge in [-0.1, -0.05) is 34.6 Å². The Morgan fingerprint density at radius 2 is 1.81 bits per heavy atom. The molecule has 12 atom stereocenters. The average Bonchev–Trinajstić information content (AvgIpc) is 3.58. The van der Waals surface area contributed by atoms with Crippen LogP contribution in [-0.2, 0) is 19.0 Å². The highest BCUT2D eigenvalue weighted by molar-refractivity contribution is 5.89. The molecule has 0 radical (unpaired) electrons. The molecule has 1 saturated heterocycles. The first-order valence-electron chi connectivity index (χ1n) is 16.4. The minimum atomic E-state index is -0.531. The maximum atomic E-state index is 13.0. The molecular weight excluding hydrogens is 530 g/mol. The number of aromatic nitrogens is 1. The highest BCUT2D eigenvalue weighted by Gasteiger charge is 2.84. The number of carbonyl (C=O) groups is 2. The van der Waals surface area contributed by atoms with Crippen molar-refractivity contribution in [2.45, 2.75) is 117 Å². The Labute approximate surface area is 250 Å². The molecule has 7 nitrogen and oxygen atoms in total. The van der Waals surface area contributed by atoms with Crippen molar-refractivity contribution >= 4 is 11.9 Å². The van der Waals surface area contributed by atoms with E-state index in [2.05, 4.69) is 39.6 Å². The molecule has 6 fully saturated rings. The van der Waals surface area contributed by atoms with Crippen molar-refractivity contribution in [1.82, 2.24) is 4.98 Å². The molecule has 1 aromatic rings. The molecule has 5 aliphatic carbocycles. The molecule has 230 valence electrons. The highest BCUT2D eigenvalue weighted by Crippen LogP contribution is 2.89. The summed E-state index contributed by atoms with van der Waals surface area (Å²) >= 11 is 0. The molecule has 5 saturated carbocycles.